The first-order chi connectivity index (χ1) is 17.0. The van der Waals surface area contributed by atoms with Crippen LogP contribution in [0.3, 0.4) is 0 Å². The van der Waals surface area contributed by atoms with Crippen molar-refractivity contribution in [3.8, 4) is 34.8 Å². The van der Waals surface area contributed by atoms with Crippen molar-refractivity contribution in [1.82, 2.24) is 15.5 Å². The van der Waals surface area contributed by atoms with E-state index in [2.05, 4.69) is 33.2 Å². The summed E-state index contributed by atoms with van der Waals surface area (Å²) in [5, 5.41) is 7.83. The number of terminal acetylenes is 1. The van der Waals surface area contributed by atoms with Crippen LogP contribution in [0.4, 0.5) is 5.82 Å². The highest BCUT2D eigenvalue weighted by atomic mass is 32.2. The molecule has 0 spiro atoms. The molecule has 2 aromatic heterocycles. The van der Waals surface area contributed by atoms with Crippen LogP contribution in [0, 0.1) is 12.3 Å². The number of amides is 1. The molecular weight excluding hydrogens is 488 g/mol. The third-order valence-electron chi connectivity index (χ3n) is 4.92. The summed E-state index contributed by atoms with van der Waals surface area (Å²) in [7, 11) is 3.20. The molecule has 2 aromatic carbocycles. The zero-order chi connectivity index (χ0) is 24.8. The maximum Gasteiger partial charge on any atom is 0.295 e. The monoisotopic (exact) mass is 510 g/mol. The van der Waals surface area contributed by atoms with Gasteiger partial charge in [0.25, 0.3) is 11.1 Å². The minimum atomic E-state index is -0.486. The summed E-state index contributed by atoms with van der Waals surface area (Å²) in [6.45, 7) is 2.37. The molecule has 0 bridgehead atoms. The first-order valence-corrected chi connectivity index (χ1v) is 12.1. The molecule has 4 rings (SSSR count). The average Bonchev–Trinajstić information content (AvgIpc) is 3.51. The van der Waals surface area contributed by atoms with Gasteiger partial charge in [-0.3, -0.25) is 4.79 Å². The number of aromatic nitrogens is 2. The summed E-state index contributed by atoms with van der Waals surface area (Å²) < 4.78 is 25.7. The van der Waals surface area contributed by atoms with Gasteiger partial charge in [0.2, 0.25) is 0 Å². The van der Waals surface area contributed by atoms with Crippen molar-refractivity contribution >= 4 is 46.0 Å². The molecule has 0 aliphatic carbocycles. The molecule has 0 saturated heterocycles. The number of hydrogen-bond donors (Lipinski definition) is 2. The quantitative estimate of drug-likeness (QED) is 0.224. The van der Waals surface area contributed by atoms with Crippen molar-refractivity contribution < 1.29 is 23.5 Å². The van der Waals surface area contributed by atoms with E-state index in [1.807, 2.05) is 18.1 Å². The normalized spacial score (nSPS) is 10.6. The van der Waals surface area contributed by atoms with Gasteiger partial charge in [-0.25, -0.2) is 4.98 Å². The summed E-state index contributed by atoms with van der Waals surface area (Å²) in [4.78, 5) is 17.2. The number of benzene rings is 2. The number of carbonyl (C=O) groups excluding carboxylic acids is 1. The standard InChI is InChI=1S/C24H22N4O5S2/c1-5-14-7-8-17(30-3)20(9-14)35-28-23-22-18(31-4)10-15(11-19(22)33-27-23)32-24-26-13-16(34-24)12-25-21(29)6-2/h2,7-11,13H,5,12H2,1,3-4H3,(H,25,29)(H,27,28). The van der Waals surface area contributed by atoms with E-state index < -0.39 is 5.91 Å². The number of aryl methyl sites for hydroxylation is 1. The number of ether oxygens (including phenoxy) is 3. The predicted octanol–water partition coefficient (Wildman–Crippen LogP) is 5.02. The van der Waals surface area contributed by atoms with Gasteiger partial charge in [0.15, 0.2) is 11.4 Å². The second-order valence-corrected chi connectivity index (χ2v) is 9.02. The van der Waals surface area contributed by atoms with Gasteiger partial charge in [-0.2, -0.15) is 0 Å². The molecule has 0 saturated carbocycles. The van der Waals surface area contributed by atoms with Crippen LogP contribution in [-0.4, -0.2) is 30.3 Å². The summed E-state index contributed by atoms with van der Waals surface area (Å²) in [5.41, 5.74) is 1.68. The van der Waals surface area contributed by atoms with E-state index in [9.17, 15) is 4.79 Å². The average molecular weight is 511 g/mol. The molecule has 4 aromatic rings. The third-order valence-corrected chi connectivity index (χ3v) is 6.63. The highest BCUT2D eigenvalue weighted by molar-refractivity contribution is 8.00. The molecule has 0 aliphatic rings. The summed E-state index contributed by atoms with van der Waals surface area (Å²) in [6.07, 6.45) is 7.59. The summed E-state index contributed by atoms with van der Waals surface area (Å²) in [5.74, 6) is 3.78. The van der Waals surface area contributed by atoms with Gasteiger partial charge in [0.1, 0.15) is 22.6 Å². The van der Waals surface area contributed by atoms with Crippen LogP contribution in [0.15, 0.2) is 45.9 Å². The Morgan fingerprint density at radius 2 is 2.06 bits per heavy atom. The number of hydrogen-bond acceptors (Lipinski definition) is 10. The molecule has 9 nitrogen and oxygen atoms in total. The smallest absolute Gasteiger partial charge is 0.295 e. The fourth-order valence-electron chi connectivity index (χ4n) is 3.16. The number of rotatable bonds is 10. The van der Waals surface area contributed by atoms with Gasteiger partial charge in [-0.1, -0.05) is 29.5 Å². The van der Waals surface area contributed by atoms with Gasteiger partial charge in [-0.05, 0) is 42.0 Å². The van der Waals surface area contributed by atoms with Crippen LogP contribution in [0.2, 0.25) is 0 Å². The first kappa shape index (κ1) is 24.3. The van der Waals surface area contributed by atoms with Crippen LogP contribution < -0.4 is 24.2 Å². The Morgan fingerprint density at radius 1 is 1.23 bits per heavy atom. The Balaban J connectivity index is 1.52. The molecule has 0 radical (unpaired) electrons. The Bertz CT molecular complexity index is 1390. The molecule has 0 fully saturated rings. The maximum atomic E-state index is 11.2. The second kappa shape index (κ2) is 11.0. The highest BCUT2D eigenvalue weighted by Gasteiger charge is 2.18. The first-order valence-electron chi connectivity index (χ1n) is 10.5. The molecule has 1 amide bonds. The van der Waals surface area contributed by atoms with Crippen LogP contribution in [0.25, 0.3) is 11.0 Å². The summed E-state index contributed by atoms with van der Waals surface area (Å²) >= 11 is 2.66. The fraction of sp³-hybridized carbons (Fsp3) is 0.208. The molecular formula is C24H22N4O5S2. The van der Waals surface area contributed by atoms with Gasteiger partial charge < -0.3 is 28.8 Å². The van der Waals surface area contributed by atoms with Crippen LogP contribution >= 0.6 is 23.3 Å². The topological polar surface area (TPSA) is 108 Å². The SMILES string of the molecule is C#CC(=O)NCc1cnc(Oc2cc(OC)c3c(NSc4cc(CC)ccc4OC)noc3c2)s1. The van der Waals surface area contributed by atoms with Crippen molar-refractivity contribution in [3.05, 3.63) is 47.0 Å². The molecule has 2 heterocycles. The lowest BCUT2D eigenvalue weighted by Gasteiger charge is -2.10. The lowest BCUT2D eigenvalue weighted by molar-refractivity contribution is -0.115. The number of carbonyl (C=O) groups is 1. The zero-order valence-corrected chi connectivity index (χ0v) is 20.8. The fourth-order valence-corrected chi connectivity index (χ4v) is 4.69. The van der Waals surface area contributed by atoms with Gasteiger partial charge in [-0.15, -0.1) is 6.42 Å². The van der Waals surface area contributed by atoms with Crippen molar-refractivity contribution in [3.63, 3.8) is 0 Å². The highest BCUT2D eigenvalue weighted by Crippen LogP contribution is 2.40. The van der Waals surface area contributed by atoms with E-state index in [0.29, 0.717) is 33.5 Å². The van der Waals surface area contributed by atoms with Crippen molar-refractivity contribution in [2.24, 2.45) is 0 Å². The molecule has 0 aliphatic heterocycles. The van der Waals surface area contributed by atoms with Crippen molar-refractivity contribution in [2.45, 2.75) is 24.8 Å². The van der Waals surface area contributed by atoms with Crippen molar-refractivity contribution in [2.75, 3.05) is 18.9 Å². The molecule has 0 atom stereocenters. The van der Waals surface area contributed by atoms with E-state index >= 15 is 0 Å². The Kier molecular flexibility index (Phi) is 7.64. The van der Waals surface area contributed by atoms with Gasteiger partial charge in [0.05, 0.1) is 25.7 Å². The molecule has 11 heteroatoms. The molecule has 35 heavy (non-hydrogen) atoms. The minimum Gasteiger partial charge on any atom is -0.496 e. The van der Waals surface area contributed by atoms with Gasteiger partial charge in [0, 0.05) is 23.2 Å². The van der Waals surface area contributed by atoms with E-state index in [0.717, 1.165) is 21.9 Å². The van der Waals surface area contributed by atoms with E-state index in [1.165, 1.54) is 28.8 Å². The number of methoxy groups -OCH3 is 2. The van der Waals surface area contributed by atoms with E-state index in [-0.39, 0.29) is 6.54 Å². The number of anilines is 1. The number of fused-ring (bicyclic) bond motifs is 1. The summed E-state index contributed by atoms with van der Waals surface area (Å²) in [6, 6.07) is 9.50. The van der Waals surface area contributed by atoms with Crippen LogP contribution in [-0.2, 0) is 17.8 Å². The Labute approximate surface area is 210 Å². The van der Waals surface area contributed by atoms with Gasteiger partial charge >= 0.3 is 0 Å². The zero-order valence-electron chi connectivity index (χ0n) is 19.2. The lowest BCUT2D eigenvalue weighted by atomic mass is 10.2. The largest absolute Gasteiger partial charge is 0.496 e. The molecule has 180 valence electrons. The molecule has 2 N–H and O–H groups in total. The Morgan fingerprint density at radius 3 is 2.80 bits per heavy atom. The maximum absolute atomic E-state index is 11.2. The van der Waals surface area contributed by atoms with Crippen LogP contribution in [0.1, 0.15) is 17.4 Å². The predicted molar refractivity (Wildman–Crippen MR) is 135 cm³/mol. The third kappa shape index (κ3) is 5.62. The van der Waals surface area contributed by atoms with E-state index in [4.69, 9.17) is 25.2 Å². The molecule has 0 unspecified atom stereocenters. The van der Waals surface area contributed by atoms with E-state index in [1.54, 1.807) is 32.5 Å². The van der Waals surface area contributed by atoms with Crippen LogP contribution in [0.5, 0.6) is 22.4 Å². The minimum absolute atomic E-state index is 0.271. The number of nitrogens with zero attached hydrogens (tertiary/aromatic N) is 2. The second-order valence-electron chi connectivity index (χ2n) is 7.09. The number of thiazole rings is 1. The number of nitrogens with one attached hydrogen (secondary N) is 2. The lowest BCUT2D eigenvalue weighted by Crippen LogP contribution is -2.19. The Hall–Kier alpha value is -3.88. The van der Waals surface area contributed by atoms with Crippen molar-refractivity contribution in [1.29, 1.82) is 0 Å².